The fourth-order valence-electron chi connectivity index (χ4n) is 2.38. The van der Waals surface area contributed by atoms with E-state index >= 15 is 0 Å². The average Bonchev–Trinajstić information content (AvgIpc) is 2.30. The van der Waals surface area contributed by atoms with Gasteiger partial charge in [-0.05, 0) is 38.0 Å². The van der Waals surface area contributed by atoms with Crippen molar-refractivity contribution < 1.29 is 8.42 Å². The first-order valence-electron chi connectivity index (χ1n) is 6.65. The van der Waals surface area contributed by atoms with E-state index in [1.165, 1.54) is 0 Å². The number of hydrogen-bond donors (Lipinski definition) is 2. The van der Waals surface area contributed by atoms with Crippen LogP contribution in [0, 0.1) is 5.92 Å². The van der Waals surface area contributed by atoms with Gasteiger partial charge in [0.1, 0.15) is 0 Å². The van der Waals surface area contributed by atoms with Crippen molar-refractivity contribution in [1.82, 2.24) is 4.72 Å². The Morgan fingerprint density at radius 2 is 1.94 bits per heavy atom. The van der Waals surface area contributed by atoms with Crippen LogP contribution in [0.4, 0.5) is 0 Å². The maximum atomic E-state index is 11.9. The first-order chi connectivity index (χ1) is 7.93. The van der Waals surface area contributed by atoms with Crippen LogP contribution in [0.15, 0.2) is 0 Å². The summed E-state index contributed by atoms with van der Waals surface area (Å²) in [7, 11) is -3.16. The Labute approximate surface area is 105 Å². The second-order valence-electron chi connectivity index (χ2n) is 5.44. The Morgan fingerprint density at radius 1 is 1.35 bits per heavy atom. The number of sulfonamides is 1. The molecule has 5 heteroatoms. The fraction of sp³-hybridized carbons (Fsp3) is 1.00. The van der Waals surface area contributed by atoms with Gasteiger partial charge in [0.05, 0.1) is 5.75 Å². The van der Waals surface area contributed by atoms with E-state index in [9.17, 15) is 8.42 Å². The zero-order valence-corrected chi connectivity index (χ0v) is 11.9. The van der Waals surface area contributed by atoms with Crippen molar-refractivity contribution in [3.8, 4) is 0 Å². The van der Waals surface area contributed by atoms with E-state index < -0.39 is 10.0 Å². The van der Waals surface area contributed by atoms with E-state index in [4.69, 9.17) is 5.73 Å². The molecular weight excluding hydrogens is 236 g/mol. The van der Waals surface area contributed by atoms with Crippen molar-refractivity contribution in [2.24, 2.45) is 11.7 Å². The highest BCUT2D eigenvalue weighted by Crippen LogP contribution is 2.31. The minimum atomic E-state index is -3.16. The van der Waals surface area contributed by atoms with Crippen molar-refractivity contribution in [3.63, 3.8) is 0 Å². The van der Waals surface area contributed by atoms with Gasteiger partial charge in [0.25, 0.3) is 0 Å². The maximum Gasteiger partial charge on any atom is 0.212 e. The molecule has 1 aliphatic rings. The summed E-state index contributed by atoms with van der Waals surface area (Å²) in [5.74, 6) is 0.913. The summed E-state index contributed by atoms with van der Waals surface area (Å²) in [6.45, 7) is 4.62. The Morgan fingerprint density at radius 3 is 2.41 bits per heavy atom. The summed E-state index contributed by atoms with van der Waals surface area (Å²) in [6.07, 6.45) is 5.48. The summed E-state index contributed by atoms with van der Waals surface area (Å²) in [6, 6.07) is 0. The lowest BCUT2D eigenvalue weighted by atomic mass is 9.78. The van der Waals surface area contributed by atoms with Gasteiger partial charge in [-0.25, -0.2) is 13.1 Å². The van der Waals surface area contributed by atoms with Crippen LogP contribution in [0.3, 0.4) is 0 Å². The third-order valence-corrected chi connectivity index (χ3v) is 5.33. The van der Waals surface area contributed by atoms with Gasteiger partial charge in [0.2, 0.25) is 10.0 Å². The second kappa shape index (κ2) is 6.16. The highest BCUT2D eigenvalue weighted by Gasteiger charge is 2.36. The van der Waals surface area contributed by atoms with Gasteiger partial charge in [0, 0.05) is 12.1 Å². The average molecular weight is 262 g/mol. The molecule has 0 aromatic rings. The van der Waals surface area contributed by atoms with Crippen molar-refractivity contribution in [2.45, 2.75) is 57.9 Å². The van der Waals surface area contributed by atoms with Crippen molar-refractivity contribution in [3.05, 3.63) is 0 Å². The number of unbranched alkanes of at least 4 members (excludes halogenated alkanes) is 1. The molecule has 1 rings (SSSR count). The lowest BCUT2D eigenvalue weighted by molar-refractivity contribution is 0.231. The zero-order chi connectivity index (χ0) is 12.9. The largest absolute Gasteiger partial charge is 0.329 e. The number of rotatable bonds is 6. The minimum absolute atomic E-state index is 0.223. The molecule has 3 N–H and O–H groups in total. The highest BCUT2D eigenvalue weighted by molar-refractivity contribution is 7.89. The van der Waals surface area contributed by atoms with Crippen LogP contribution in [-0.4, -0.2) is 26.3 Å². The smallest absolute Gasteiger partial charge is 0.212 e. The van der Waals surface area contributed by atoms with Gasteiger partial charge in [-0.3, -0.25) is 0 Å². The molecule has 17 heavy (non-hydrogen) atoms. The number of hydrogen-bond acceptors (Lipinski definition) is 3. The highest BCUT2D eigenvalue weighted by atomic mass is 32.2. The molecule has 1 saturated carbocycles. The van der Waals surface area contributed by atoms with E-state index in [0.717, 1.165) is 32.1 Å². The lowest BCUT2D eigenvalue weighted by Gasteiger charge is -2.38. The van der Waals surface area contributed by atoms with Crippen LogP contribution in [-0.2, 0) is 10.0 Å². The summed E-state index contributed by atoms with van der Waals surface area (Å²) in [5, 5.41) is 0. The fourth-order valence-corrected chi connectivity index (χ4v) is 4.10. The quantitative estimate of drug-likeness (QED) is 0.764. The molecule has 0 radical (unpaired) electrons. The Hall–Kier alpha value is -0.130. The van der Waals surface area contributed by atoms with Gasteiger partial charge >= 0.3 is 0 Å². The molecular formula is C12H26N2O2S. The van der Waals surface area contributed by atoms with E-state index in [1.807, 2.05) is 6.92 Å². The molecule has 0 amide bonds. The Kier molecular flexibility index (Phi) is 5.41. The summed E-state index contributed by atoms with van der Waals surface area (Å²) < 4.78 is 26.7. The number of nitrogens with two attached hydrogens (primary N) is 1. The van der Waals surface area contributed by atoms with Crippen molar-refractivity contribution >= 4 is 10.0 Å². The predicted octanol–water partition coefficient (Wildman–Crippen LogP) is 1.61. The van der Waals surface area contributed by atoms with Crippen LogP contribution in [0.2, 0.25) is 0 Å². The van der Waals surface area contributed by atoms with E-state index in [0.29, 0.717) is 18.9 Å². The molecule has 1 aliphatic carbocycles. The third kappa shape index (κ3) is 4.56. The number of nitrogens with one attached hydrogen (secondary N) is 1. The molecule has 0 unspecified atom stereocenters. The Balaban J connectivity index is 2.62. The zero-order valence-electron chi connectivity index (χ0n) is 11.0. The van der Waals surface area contributed by atoms with E-state index in [2.05, 4.69) is 11.6 Å². The molecule has 0 bridgehead atoms. The van der Waals surface area contributed by atoms with Gasteiger partial charge in [-0.1, -0.05) is 20.3 Å². The van der Waals surface area contributed by atoms with Crippen LogP contribution >= 0.6 is 0 Å². The van der Waals surface area contributed by atoms with E-state index in [1.54, 1.807) is 0 Å². The van der Waals surface area contributed by atoms with Gasteiger partial charge in [-0.2, -0.15) is 0 Å². The monoisotopic (exact) mass is 262 g/mol. The summed E-state index contributed by atoms with van der Waals surface area (Å²) in [5.41, 5.74) is 5.42. The van der Waals surface area contributed by atoms with Gasteiger partial charge < -0.3 is 5.73 Å². The molecule has 0 spiro atoms. The molecule has 1 fully saturated rings. The molecule has 0 heterocycles. The van der Waals surface area contributed by atoms with Crippen LogP contribution < -0.4 is 10.5 Å². The molecule has 0 saturated heterocycles. The first-order valence-corrected chi connectivity index (χ1v) is 8.30. The summed E-state index contributed by atoms with van der Waals surface area (Å²) in [4.78, 5) is 0. The molecule has 102 valence electrons. The molecule has 0 aliphatic heterocycles. The third-order valence-electron chi connectivity index (χ3n) is 3.76. The SMILES string of the molecule is CCCCS(=O)(=O)NC1(CN)CCC(C)CC1. The normalized spacial score (nSPS) is 30.4. The van der Waals surface area contributed by atoms with Crippen LogP contribution in [0.25, 0.3) is 0 Å². The van der Waals surface area contributed by atoms with E-state index in [-0.39, 0.29) is 11.3 Å². The first kappa shape index (κ1) is 14.9. The van der Waals surface area contributed by atoms with Gasteiger partial charge in [-0.15, -0.1) is 0 Å². The lowest BCUT2D eigenvalue weighted by Crippen LogP contribution is -2.55. The topological polar surface area (TPSA) is 72.2 Å². The summed E-state index contributed by atoms with van der Waals surface area (Å²) >= 11 is 0. The van der Waals surface area contributed by atoms with Crippen LogP contribution in [0.1, 0.15) is 52.4 Å². The molecule has 4 nitrogen and oxygen atoms in total. The minimum Gasteiger partial charge on any atom is -0.329 e. The molecule has 0 aromatic carbocycles. The maximum absolute atomic E-state index is 11.9. The predicted molar refractivity (Wildman–Crippen MR) is 71.2 cm³/mol. The van der Waals surface area contributed by atoms with Crippen molar-refractivity contribution in [1.29, 1.82) is 0 Å². The van der Waals surface area contributed by atoms with Crippen LogP contribution in [0.5, 0.6) is 0 Å². The molecule has 0 atom stereocenters. The van der Waals surface area contributed by atoms with Gasteiger partial charge in [0.15, 0.2) is 0 Å². The Bertz CT molecular complexity index is 319. The second-order valence-corrected chi connectivity index (χ2v) is 7.28. The van der Waals surface area contributed by atoms with Crippen molar-refractivity contribution in [2.75, 3.05) is 12.3 Å². The standard InChI is InChI=1S/C12H26N2O2S/c1-3-4-9-17(15,16)14-12(10-13)7-5-11(2)6-8-12/h11,14H,3-10,13H2,1-2H3. The molecule has 0 aromatic heterocycles.